The second-order valence-electron chi connectivity index (χ2n) is 10.2. The standard InChI is InChI=1S/C38H26N4/c39-25-30-15-7-8-16-31(30)26-19-21-27(22-20-26)32-23-24-35(34-18-10-9-17-33(32)34)38-41-36(28-11-3-1-4-12-28)40-37(42-38)29-13-5-2-6-14-29/h1-24,38H,(H,40,41,42). The average molecular weight is 539 g/mol. The Hall–Kier alpha value is -5.79. The molecule has 1 heterocycles. The number of hydrogen-bond acceptors (Lipinski definition) is 4. The van der Waals surface area contributed by atoms with Crippen LogP contribution in [0.15, 0.2) is 156 Å². The summed E-state index contributed by atoms with van der Waals surface area (Å²) in [4.78, 5) is 10.2. The fraction of sp³-hybridized carbons (Fsp3) is 0.0263. The van der Waals surface area contributed by atoms with E-state index in [1.54, 1.807) is 0 Å². The van der Waals surface area contributed by atoms with Crippen LogP contribution in [0.3, 0.4) is 0 Å². The number of rotatable bonds is 5. The molecule has 1 aliphatic rings. The van der Waals surface area contributed by atoms with Gasteiger partial charge in [-0.25, -0.2) is 9.98 Å². The van der Waals surface area contributed by atoms with Crippen LogP contribution in [0.1, 0.15) is 28.4 Å². The number of nitriles is 1. The molecular formula is C38H26N4. The minimum atomic E-state index is -0.402. The van der Waals surface area contributed by atoms with Crippen LogP contribution in [0, 0.1) is 11.3 Å². The fourth-order valence-electron chi connectivity index (χ4n) is 5.54. The molecule has 0 aliphatic carbocycles. The maximum Gasteiger partial charge on any atom is 0.170 e. The highest BCUT2D eigenvalue weighted by atomic mass is 15.2. The lowest BCUT2D eigenvalue weighted by Crippen LogP contribution is -2.36. The van der Waals surface area contributed by atoms with Crippen LogP contribution in [0.2, 0.25) is 0 Å². The van der Waals surface area contributed by atoms with Gasteiger partial charge in [0, 0.05) is 16.7 Å². The summed E-state index contributed by atoms with van der Waals surface area (Å²) in [6.07, 6.45) is -0.402. The van der Waals surface area contributed by atoms with Crippen molar-refractivity contribution >= 4 is 22.4 Å². The molecule has 4 nitrogen and oxygen atoms in total. The first-order chi connectivity index (χ1) is 20.8. The summed E-state index contributed by atoms with van der Waals surface area (Å²) < 4.78 is 0. The Morgan fingerprint density at radius 1 is 0.476 bits per heavy atom. The summed E-state index contributed by atoms with van der Waals surface area (Å²) in [5, 5.41) is 15.3. The minimum Gasteiger partial charge on any atom is -0.324 e. The highest BCUT2D eigenvalue weighted by Gasteiger charge is 2.22. The van der Waals surface area contributed by atoms with Crippen molar-refractivity contribution in [3.63, 3.8) is 0 Å². The first-order valence-electron chi connectivity index (χ1n) is 13.9. The zero-order chi connectivity index (χ0) is 28.3. The van der Waals surface area contributed by atoms with Crippen molar-refractivity contribution in [2.45, 2.75) is 6.17 Å². The zero-order valence-corrected chi connectivity index (χ0v) is 22.8. The summed E-state index contributed by atoms with van der Waals surface area (Å²) in [5.74, 6) is 1.60. The summed E-state index contributed by atoms with van der Waals surface area (Å²) in [6.45, 7) is 0. The van der Waals surface area contributed by atoms with Crippen molar-refractivity contribution in [3.8, 4) is 28.3 Å². The van der Waals surface area contributed by atoms with Crippen molar-refractivity contribution in [2.75, 3.05) is 0 Å². The molecule has 1 aliphatic heterocycles. The van der Waals surface area contributed by atoms with Gasteiger partial charge in [-0.3, -0.25) is 0 Å². The van der Waals surface area contributed by atoms with Crippen LogP contribution in [0.5, 0.6) is 0 Å². The highest BCUT2D eigenvalue weighted by molar-refractivity contribution is 6.16. The Kier molecular flexibility index (Phi) is 6.60. The van der Waals surface area contributed by atoms with Crippen LogP contribution in [0.25, 0.3) is 33.0 Å². The molecule has 6 aromatic carbocycles. The van der Waals surface area contributed by atoms with E-state index in [1.807, 2.05) is 60.7 Å². The van der Waals surface area contributed by atoms with E-state index in [4.69, 9.17) is 9.98 Å². The van der Waals surface area contributed by atoms with E-state index in [-0.39, 0.29) is 0 Å². The SMILES string of the molecule is N#Cc1ccccc1-c1ccc(-c2ccc(C3N=C(c4ccccc4)NC(c4ccccc4)=N3)c3ccccc23)cc1. The smallest absolute Gasteiger partial charge is 0.170 e. The van der Waals surface area contributed by atoms with Crippen molar-refractivity contribution in [1.29, 1.82) is 5.26 Å². The monoisotopic (exact) mass is 538 g/mol. The molecule has 1 N–H and O–H groups in total. The van der Waals surface area contributed by atoms with Gasteiger partial charge in [0.2, 0.25) is 0 Å². The molecule has 198 valence electrons. The number of amidine groups is 2. The Morgan fingerprint density at radius 3 is 1.62 bits per heavy atom. The largest absolute Gasteiger partial charge is 0.324 e. The number of fused-ring (bicyclic) bond motifs is 1. The number of nitrogens with one attached hydrogen (secondary N) is 1. The summed E-state index contributed by atoms with van der Waals surface area (Å²) in [5.41, 5.74) is 7.99. The summed E-state index contributed by atoms with van der Waals surface area (Å²) in [7, 11) is 0. The molecule has 42 heavy (non-hydrogen) atoms. The third-order valence-corrected chi connectivity index (χ3v) is 7.62. The molecule has 0 radical (unpaired) electrons. The number of aliphatic imine (C=N–C) groups is 2. The second-order valence-corrected chi connectivity index (χ2v) is 10.2. The van der Waals surface area contributed by atoms with Gasteiger partial charge in [-0.15, -0.1) is 0 Å². The molecule has 0 bridgehead atoms. The second kappa shape index (κ2) is 11.0. The van der Waals surface area contributed by atoms with Crippen LogP contribution in [-0.2, 0) is 0 Å². The van der Waals surface area contributed by atoms with Crippen LogP contribution >= 0.6 is 0 Å². The van der Waals surface area contributed by atoms with Gasteiger partial charge in [-0.1, -0.05) is 140 Å². The van der Waals surface area contributed by atoms with E-state index in [0.717, 1.165) is 61.4 Å². The molecule has 7 rings (SSSR count). The third kappa shape index (κ3) is 4.74. The van der Waals surface area contributed by atoms with E-state index in [1.165, 1.54) is 0 Å². The average Bonchev–Trinajstić information content (AvgIpc) is 3.08. The number of nitrogens with zero attached hydrogens (tertiary/aromatic N) is 3. The van der Waals surface area contributed by atoms with Gasteiger partial charge >= 0.3 is 0 Å². The zero-order valence-electron chi connectivity index (χ0n) is 22.8. The Labute approximate surface area is 245 Å². The molecule has 0 saturated heterocycles. The predicted molar refractivity (Wildman–Crippen MR) is 171 cm³/mol. The van der Waals surface area contributed by atoms with Gasteiger partial charge < -0.3 is 5.32 Å². The Morgan fingerprint density at radius 2 is 1.00 bits per heavy atom. The van der Waals surface area contributed by atoms with Gasteiger partial charge in [-0.2, -0.15) is 5.26 Å². The van der Waals surface area contributed by atoms with Crippen LogP contribution in [0.4, 0.5) is 0 Å². The van der Waals surface area contributed by atoms with E-state index < -0.39 is 6.17 Å². The van der Waals surface area contributed by atoms with Gasteiger partial charge in [0.05, 0.1) is 11.6 Å². The van der Waals surface area contributed by atoms with E-state index in [2.05, 4.69) is 96.3 Å². The van der Waals surface area contributed by atoms with Crippen molar-refractivity contribution < 1.29 is 0 Å². The molecular weight excluding hydrogens is 512 g/mol. The van der Waals surface area contributed by atoms with Gasteiger partial charge in [-0.05, 0) is 39.1 Å². The van der Waals surface area contributed by atoms with Crippen LogP contribution in [-0.4, -0.2) is 11.7 Å². The fourth-order valence-corrected chi connectivity index (χ4v) is 5.54. The first kappa shape index (κ1) is 25.2. The highest BCUT2D eigenvalue weighted by Crippen LogP contribution is 2.37. The lowest BCUT2D eigenvalue weighted by atomic mass is 9.92. The topological polar surface area (TPSA) is 60.5 Å². The summed E-state index contributed by atoms with van der Waals surface area (Å²) in [6, 6.07) is 51.6. The molecule has 0 saturated carbocycles. The Balaban J connectivity index is 1.32. The van der Waals surface area contributed by atoms with Crippen LogP contribution < -0.4 is 5.32 Å². The van der Waals surface area contributed by atoms with E-state index in [9.17, 15) is 5.26 Å². The predicted octanol–water partition coefficient (Wildman–Crippen LogP) is 8.54. The molecule has 0 aromatic heterocycles. The minimum absolute atomic E-state index is 0.402. The molecule has 0 spiro atoms. The lowest BCUT2D eigenvalue weighted by molar-refractivity contribution is 0.762. The Bertz CT molecular complexity index is 1950. The van der Waals surface area contributed by atoms with Gasteiger partial charge in [0.1, 0.15) is 11.7 Å². The van der Waals surface area contributed by atoms with Crippen molar-refractivity contribution in [1.82, 2.24) is 5.32 Å². The van der Waals surface area contributed by atoms with Crippen molar-refractivity contribution in [3.05, 3.63) is 168 Å². The third-order valence-electron chi connectivity index (χ3n) is 7.62. The molecule has 0 atom stereocenters. The summed E-state index contributed by atoms with van der Waals surface area (Å²) >= 11 is 0. The van der Waals surface area contributed by atoms with Crippen molar-refractivity contribution in [2.24, 2.45) is 9.98 Å². The van der Waals surface area contributed by atoms with Gasteiger partial charge in [0.25, 0.3) is 0 Å². The van der Waals surface area contributed by atoms with Gasteiger partial charge in [0.15, 0.2) is 6.17 Å². The molecule has 0 amide bonds. The molecule has 6 aromatic rings. The first-order valence-corrected chi connectivity index (χ1v) is 13.9. The quantitative estimate of drug-likeness (QED) is 0.239. The van der Waals surface area contributed by atoms with E-state index in [0.29, 0.717) is 5.56 Å². The normalized spacial score (nSPS) is 13.1. The lowest BCUT2D eigenvalue weighted by Gasteiger charge is -2.23. The maximum atomic E-state index is 9.55. The maximum absolute atomic E-state index is 9.55. The molecule has 4 heteroatoms. The number of hydrogen-bond donors (Lipinski definition) is 1. The molecule has 0 fully saturated rings. The number of benzene rings is 6. The van der Waals surface area contributed by atoms with E-state index >= 15 is 0 Å². The molecule has 0 unspecified atom stereocenters.